The molecule has 3 aromatic rings. The molecule has 1 aliphatic heterocycles. The Labute approximate surface area is 147 Å². The molecule has 25 heavy (non-hydrogen) atoms. The van der Waals surface area contributed by atoms with Gasteiger partial charge in [-0.1, -0.05) is 0 Å². The summed E-state index contributed by atoms with van der Waals surface area (Å²) < 4.78 is 35.6. The topological polar surface area (TPSA) is 112 Å². The van der Waals surface area contributed by atoms with E-state index in [4.69, 9.17) is 26.8 Å². The number of rotatable bonds is 3. The van der Waals surface area contributed by atoms with Crippen molar-refractivity contribution in [3.63, 3.8) is 0 Å². The molecule has 4 rings (SSSR count). The molecule has 0 amide bonds. The van der Waals surface area contributed by atoms with Crippen molar-refractivity contribution in [1.82, 2.24) is 14.8 Å². The van der Waals surface area contributed by atoms with Crippen LogP contribution in [0.25, 0.3) is 17.1 Å². The molecule has 0 saturated carbocycles. The summed E-state index contributed by atoms with van der Waals surface area (Å²) in [5.41, 5.74) is 1.42. The lowest BCUT2D eigenvalue weighted by Crippen LogP contribution is -2.12. The molecule has 0 fully saturated rings. The van der Waals surface area contributed by atoms with Gasteiger partial charge in [-0.3, -0.25) is 9.67 Å². The van der Waals surface area contributed by atoms with Crippen LogP contribution in [0, 0.1) is 4.77 Å². The second-order valence-electron chi connectivity index (χ2n) is 5.29. The van der Waals surface area contributed by atoms with Crippen molar-refractivity contribution in [3.8, 4) is 28.6 Å². The molecule has 0 spiro atoms. The number of fused-ring (bicyclic) bond motifs is 1. The third-order valence-corrected chi connectivity index (χ3v) is 4.93. The molecule has 2 aromatic carbocycles. The average molecular weight is 376 g/mol. The van der Waals surface area contributed by atoms with Crippen LogP contribution >= 0.6 is 12.2 Å². The van der Waals surface area contributed by atoms with Gasteiger partial charge in [-0.05, 0) is 54.7 Å². The van der Waals surface area contributed by atoms with E-state index in [-0.39, 0.29) is 11.7 Å². The zero-order valence-electron chi connectivity index (χ0n) is 12.7. The summed E-state index contributed by atoms with van der Waals surface area (Å²) in [7, 11) is -3.76. The number of hydrogen-bond acceptors (Lipinski definition) is 6. The summed E-state index contributed by atoms with van der Waals surface area (Å²) in [4.78, 5) is 0.0240. The molecule has 0 atom stereocenters. The van der Waals surface area contributed by atoms with Crippen molar-refractivity contribution >= 4 is 22.2 Å². The fourth-order valence-electron chi connectivity index (χ4n) is 2.55. The second-order valence-corrected chi connectivity index (χ2v) is 7.24. The van der Waals surface area contributed by atoms with Gasteiger partial charge in [-0.2, -0.15) is 5.10 Å². The summed E-state index contributed by atoms with van der Waals surface area (Å²) in [6.45, 7) is 0.181. The van der Waals surface area contributed by atoms with E-state index >= 15 is 0 Å². The normalized spacial score (nSPS) is 13.2. The number of primary sulfonamides is 1. The Kier molecular flexibility index (Phi) is 3.60. The monoisotopic (exact) mass is 376 g/mol. The molecule has 2 heterocycles. The van der Waals surface area contributed by atoms with Crippen LogP contribution in [-0.4, -0.2) is 30.0 Å². The Balaban J connectivity index is 1.82. The van der Waals surface area contributed by atoms with E-state index in [1.54, 1.807) is 22.8 Å². The minimum absolute atomic E-state index is 0.0240. The first kappa shape index (κ1) is 15.8. The number of ether oxygens (including phenoxy) is 2. The summed E-state index contributed by atoms with van der Waals surface area (Å²) >= 11 is 5.31. The molecule has 0 aliphatic carbocycles. The molecule has 0 saturated heterocycles. The third kappa shape index (κ3) is 2.80. The van der Waals surface area contributed by atoms with Crippen LogP contribution in [0.4, 0.5) is 0 Å². The largest absolute Gasteiger partial charge is 0.454 e. The molecule has 1 aromatic heterocycles. The van der Waals surface area contributed by atoms with Gasteiger partial charge in [-0.15, -0.1) is 0 Å². The zero-order chi connectivity index (χ0) is 17.6. The first-order chi connectivity index (χ1) is 11.9. The van der Waals surface area contributed by atoms with Crippen LogP contribution in [0.2, 0.25) is 0 Å². The SMILES string of the molecule is NS(=O)(=O)c1ccc(-n2c(-c3ccc4c(c3)OCO4)n[nH]c2=S)cc1. The standard InChI is InChI=1S/C15H12N4O4S2/c16-25(20,21)11-4-2-10(3-5-11)19-14(17-18-15(19)24)9-1-6-12-13(7-9)23-8-22-12/h1-7H,8H2,(H,18,24)(H2,16,20,21). The van der Waals surface area contributed by atoms with Crippen LogP contribution < -0.4 is 14.6 Å². The van der Waals surface area contributed by atoms with E-state index in [0.29, 0.717) is 27.8 Å². The highest BCUT2D eigenvalue weighted by molar-refractivity contribution is 7.89. The maximum Gasteiger partial charge on any atom is 0.238 e. The lowest BCUT2D eigenvalue weighted by atomic mass is 10.2. The van der Waals surface area contributed by atoms with Gasteiger partial charge >= 0.3 is 0 Å². The minimum atomic E-state index is -3.76. The number of aromatic nitrogens is 3. The van der Waals surface area contributed by atoms with Gasteiger partial charge in [-0.25, -0.2) is 13.6 Å². The predicted molar refractivity (Wildman–Crippen MR) is 91.7 cm³/mol. The number of nitrogens with one attached hydrogen (secondary N) is 1. The fourth-order valence-corrected chi connectivity index (χ4v) is 3.30. The van der Waals surface area contributed by atoms with Gasteiger partial charge in [0.15, 0.2) is 22.1 Å². The molecular formula is C15H12N4O4S2. The number of hydrogen-bond donors (Lipinski definition) is 2. The van der Waals surface area contributed by atoms with Gasteiger partial charge in [0.2, 0.25) is 16.8 Å². The van der Waals surface area contributed by atoms with Crippen molar-refractivity contribution < 1.29 is 17.9 Å². The first-order valence-corrected chi connectivity index (χ1v) is 9.09. The second kappa shape index (κ2) is 5.69. The van der Waals surface area contributed by atoms with Gasteiger partial charge in [0.25, 0.3) is 0 Å². The number of aromatic amines is 1. The van der Waals surface area contributed by atoms with E-state index < -0.39 is 10.0 Å². The van der Waals surface area contributed by atoms with Crippen LogP contribution in [0.15, 0.2) is 47.4 Å². The lowest BCUT2D eigenvalue weighted by molar-refractivity contribution is 0.174. The predicted octanol–water partition coefficient (Wildman–Crippen LogP) is 1.97. The van der Waals surface area contributed by atoms with Gasteiger partial charge in [0.05, 0.1) is 10.6 Å². The quantitative estimate of drug-likeness (QED) is 0.676. The highest BCUT2D eigenvalue weighted by atomic mass is 32.2. The van der Waals surface area contributed by atoms with Gasteiger partial charge < -0.3 is 9.47 Å². The van der Waals surface area contributed by atoms with E-state index in [1.165, 1.54) is 12.1 Å². The Morgan fingerprint density at radius 2 is 1.84 bits per heavy atom. The van der Waals surface area contributed by atoms with E-state index in [0.717, 1.165) is 5.56 Å². The Morgan fingerprint density at radius 1 is 1.12 bits per heavy atom. The molecule has 1 aliphatic rings. The molecule has 128 valence electrons. The Hall–Kier alpha value is -2.69. The van der Waals surface area contributed by atoms with Crippen LogP contribution in [0.3, 0.4) is 0 Å². The Morgan fingerprint density at radius 3 is 2.56 bits per heavy atom. The maximum atomic E-state index is 11.4. The number of H-pyrrole nitrogens is 1. The molecule has 0 radical (unpaired) electrons. The van der Waals surface area contributed by atoms with E-state index in [1.807, 2.05) is 12.1 Å². The van der Waals surface area contributed by atoms with Gasteiger partial charge in [0.1, 0.15) is 0 Å². The van der Waals surface area contributed by atoms with Gasteiger partial charge in [0, 0.05) is 5.56 Å². The lowest BCUT2D eigenvalue weighted by Gasteiger charge is -2.08. The number of sulfonamides is 1. The third-order valence-electron chi connectivity index (χ3n) is 3.73. The van der Waals surface area contributed by atoms with Crippen LogP contribution in [-0.2, 0) is 10.0 Å². The Bertz CT molecular complexity index is 1120. The van der Waals surface area contributed by atoms with Crippen LogP contribution in [0.5, 0.6) is 11.5 Å². The fraction of sp³-hybridized carbons (Fsp3) is 0.0667. The molecule has 8 nitrogen and oxygen atoms in total. The molecule has 0 bridgehead atoms. The number of nitrogens with zero attached hydrogens (tertiary/aromatic N) is 2. The number of benzene rings is 2. The first-order valence-electron chi connectivity index (χ1n) is 7.14. The maximum absolute atomic E-state index is 11.4. The van der Waals surface area contributed by atoms with E-state index in [9.17, 15) is 8.42 Å². The van der Waals surface area contributed by atoms with Crippen LogP contribution in [0.1, 0.15) is 0 Å². The molecule has 3 N–H and O–H groups in total. The smallest absolute Gasteiger partial charge is 0.238 e. The highest BCUT2D eigenvalue weighted by Crippen LogP contribution is 2.35. The molecule has 0 unspecified atom stereocenters. The summed E-state index contributed by atoms with van der Waals surface area (Å²) in [6, 6.07) is 11.5. The minimum Gasteiger partial charge on any atom is -0.454 e. The van der Waals surface area contributed by atoms with Crippen molar-refractivity contribution in [2.45, 2.75) is 4.90 Å². The van der Waals surface area contributed by atoms with Crippen molar-refractivity contribution in [3.05, 3.63) is 47.2 Å². The summed E-state index contributed by atoms with van der Waals surface area (Å²) in [5, 5.41) is 12.1. The van der Waals surface area contributed by atoms with Crippen molar-refractivity contribution in [1.29, 1.82) is 0 Å². The van der Waals surface area contributed by atoms with E-state index in [2.05, 4.69) is 10.2 Å². The summed E-state index contributed by atoms with van der Waals surface area (Å²) in [5.74, 6) is 1.86. The molecule has 10 heteroatoms. The number of nitrogens with two attached hydrogens (primary N) is 1. The van der Waals surface area contributed by atoms with Crippen molar-refractivity contribution in [2.24, 2.45) is 5.14 Å². The average Bonchev–Trinajstić information content (AvgIpc) is 3.19. The highest BCUT2D eigenvalue weighted by Gasteiger charge is 2.18. The zero-order valence-corrected chi connectivity index (χ0v) is 14.3. The summed E-state index contributed by atoms with van der Waals surface area (Å²) in [6.07, 6.45) is 0. The molecular weight excluding hydrogens is 364 g/mol. The van der Waals surface area contributed by atoms with Crippen molar-refractivity contribution in [2.75, 3.05) is 6.79 Å².